The van der Waals surface area contributed by atoms with Gasteiger partial charge in [-0.2, -0.15) is 0 Å². The quantitative estimate of drug-likeness (QED) is 0.0253. The van der Waals surface area contributed by atoms with E-state index in [0.717, 1.165) is 64.2 Å². The fraction of sp³-hybridized carbons (Fsp3) is 0.622. The minimum absolute atomic E-state index is 0.0683. The Morgan fingerprint density at radius 3 is 1.65 bits per heavy atom. The molecule has 0 bridgehead atoms. The first-order chi connectivity index (χ1) is 26.4. The second kappa shape index (κ2) is 35.8. The Hall–Kier alpha value is -2.62. The van der Waals surface area contributed by atoms with Crippen molar-refractivity contribution in [3.63, 3.8) is 0 Å². The predicted octanol–water partition coefficient (Wildman–Crippen LogP) is 9.52. The van der Waals surface area contributed by atoms with E-state index in [2.05, 4.69) is 104 Å². The highest BCUT2D eigenvalue weighted by molar-refractivity contribution is 7.45. The molecule has 0 heterocycles. The Bertz CT molecular complexity index is 1230. The van der Waals surface area contributed by atoms with Crippen molar-refractivity contribution in [3.05, 3.63) is 97.2 Å². The van der Waals surface area contributed by atoms with E-state index < -0.39 is 32.7 Å². The van der Waals surface area contributed by atoms with Crippen molar-refractivity contribution < 1.29 is 38.0 Å². The number of amides is 1. The fourth-order valence-electron chi connectivity index (χ4n) is 5.05. The number of aliphatic hydroxyl groups excluding tert-OH is 2. The van der Waals surface area contributed by atoms with E-state index in [1.807, 2.05) is 33.3 Å². The van der Waals surface area contributed by atoms with E-state index in [0.29, 0.717) is 23.9 Å². The molecule has 3 N–H and O–H groups in total. The molecule has 0 saturated carbocycles. The maximum atomic E-state index is 12.8. The van der Waals surface area contributed by atoms with Gasteiger partial charge in [0.2, 0.25) is 5.91 Å². The monoisotopic (exact) mass is 789 g/mol. The minimum Gasteiger partial charge on any atom is -0.756 e. The average molecular weight is 789 g/mol. The van der Waals surface area contributed by atoms with Gasteiger partial charge in [0.05, 0.1) is 39.9 Å². The molecular formula is C45H77N2O7P. The molecule has 9 nitrogen and oxygen atoms in total. The van der Waals surface area contributed by atoms with E-state index in [1.54, 1.807) is 0 Å². The number of nitrogens with one attached hydrogen (secondary N) is 1. The highest BCUT2D eigenvalue weighted by atomic mass is 31.2. The number of aliphatic hydroxyl groups is 2. The van der Waals surface area contributed by atoms with E-state index in [1.165, 1.54) is 19.3 Å². The number of unbranched alkanes of at least 4 members (excludes halogenated alkanes) is 5. The number of hydrogen-bond donors (Lipinski definition) is 3. The summed E-state index contributed by atoms with van der Waals surface area (Å²) in [5, 5.41) is 24.4. The van der Waals surface area contributed by atoms with Crippen LogP contribution in [0.5, 0.6) is 0 Å². The standard InChI is InChI=1S/C45H77N2O7P/c1-6-8-10-12-14-16-18-20-21-22-23-24-25-26-28-30-32-34-36-38-44(49)46-42(41-54-55(51,52)53-40-39-47(3,4)5)45(50)43(48)37-35-33-31-29-27-19-17-15-13-11-9-7-2/h8,10,14-17,20-21,23-24,26,28-29,31-32,34,42-43,45,48,50H,6-7,9,11-13,18-19,22,25,27,30,33,35-41H2,1-5H3,(H-,46,49,51,52)/b10-8-,16-14-,17-15+,21-20-,24-23-,28-26-,31-29+,34-32-. The molecule has 0 aromatic carbocycles. The zero-order chi connectivity index (χ0) is 40.9. The van der Waals surface area contributed by atoms with Gasteiger partial charge in [0.25, 0.3) is 7.82 Å². The normalized spacial score (nSPS) is 16.0. The van der Waals surface area contributed by atoms with Crippen molar-refractivity contribution in [3.8, 4) is 0 Å². The Morgan fingerprint density at radius 2 is 1.15 bits per heavy atom. The van der Waals surface area contributed by atoms with E-state index in [-0.39, 0.29) is 25.4 Å². The van der Waals surface area contributed by atoms with Gasteiger partial charge in [-0.1, -0.05) is 124 Å². The van der Waals surface area contributed by atoms with Crippen molar-refractivity contribution in [2.45, 2.75) is 141 Å². The van der Waals surface area contributed by atoms with Gasteiger partial charge in [0, 0.05) is 6.42 Å². The molecule has 0 aliphatic rings. The van der Waals surface area contributed by atoms with Crippen LogP contribution in [0, 0.1) is 0 Å². The number of likely N-dealkylation sites (N-methyl/N-ethyl adjacent to an activating group) is 1. The number of hydrogen-bond acceptors (Lipinski definition) is 7. The lowest BCUT2D eigenvalue weighted by atomic mass is 10.0. The Kier molecular flexibility index (Phi) is 34.1. The van der Waals surface area contributed by atoms with Crippen LogP contribution in [0.4, 0.5) is 0 Å². The largest absolute Gasteiger partial charge is 0.756 e. The molecule has 4 unspecified atom stereocenters. The van der Waals surface area contributed by atoms with E-state index in [4.69, 9.17) is 9.05 Å². The van der Waals surface area contributed by atoms with Crippen LogP contribution < -0.4 is 10.2 Å². The first-order valence-electron chi connectivity index (χ1n) is 20.7. The number of quaternary nitrogens is 1. The van der Waals surface area contributed by atoms with Gasteiger partial charge in [0.15, 0.2) is 0 Å². The molecule has 0 aliphatic carbocycles. The molecule has 0 radical (unpaired) electrons. The van der Waals surface area contributed by atoms with Crippen LogP contribution >= 0.6 is 7.82 Å². The molecule has 10 heteroatoms. The summed E-state index contributed by atoms with van der Waals surface area (Å²) >= 11 is 0. The third-order valence-corrected chi connectivity index (χ3v) is 9.35. The average Bonchev–Trinajstić information content (AvgIpc) is 3.13. The molecule has 0 aliphatic heterocycles. The fourth-order valence-corrected chi connectivity index (χ4v) is 5.78. The third-order valence-electron chi connectivity index (χ3n) is 8.39. The first kappa shape index (κ1) is 52.4. The summed E-state index contributed by atoms with van der Waals surface area (Å²) in [7, 11) is 1.03. The van der Waals surface area contributed by atoms with Crippen LogP contribution in [0.3, 0.4) is 0 Å². The predicted molar refractivity (Wildman–Crippen MR) is 229 cm³/mol. The van der Waals surface area contributed by atoms with Crippen LogP contribution in [0.1, 0.15) is 123 Å². The maximum absolute atomic E-state index is 12.8. The van der Waals surface area contributed by atoms with E-state index in [9.17, 15) is 24.5 Å². The lowest BCUT2D eigenvalue weighted by Gasteiger charge is -2.31. The number of phosphoric ester groups is 1. The molecule has 0 aromatic heterocycles. The summed E-state index contributed by atoms with van der Waals surface area (Å²) in [6.07, 6.45) is 46.1. The number of rotatable bonds is 35. The molecule has 1 amide bonds. The van der Waals surface area contributed by atoms with Gasteiger partial charge < -0.3 is 34.0 Å². The molecule has 0 rings (SSSR count). The van der Waals surface area contributed by atoms with Gasteiger partial charge in [-0.15, -0.1) is 0 Å². The summed E-state index contributed by atoms with van der Waals surface area (Å²) in [5.74, 6) is -0.381. The SMILES string of the molecule is CC/C=C\C/C=C\C/C=C\C/C=C\C/C=C\C/C=C\CCC(=O)NC(COP(=O)([O-])OCC[N+](C)(C)C)C(O)C(O)CCC/C=C/CC/C=C/CCCCC. The second-order valence-electron chi connectivity index (χ2n) is 14.7. The molecule has 0 aromatic rings. The number of phosphoric acid groups is 1. The van der Waals surface area contributed by atoms with Crippen LogP contribution in [0.2, 0.25) is 0 Å². The highest BCUT2D eigenvalue weighted by Crippen LogP contribution is 2.38. The summed E-state index contributed by atoms with van der Waals surface area (Å²) in [6.45, 7) is 4.16. The van der Waals surface area contributed by atoms with Crippen LogP contribution in [-0.4, -0.2) is 79.8 Å². The smallest absolute Gasteiger partial charge is 0.268 e. The van der Waals surface area contributed by atoms with Crippen LogP contribution in [0.25, 0.3) is 0 Å². The van der Waals surface area contributed by atoms with Crippen molar-refractivity contribution >= 4 is 13.7 Å². The molecule has 0 saturated heterocycles. The topological polar surface area (TPSA) is 128 Å². The van der Waals surface area contributed by atoms with Gasteiger partial charge in [-0.3, -0.25) is 9.36 Å². The Morgan fingerprint density at radius 1 is 0.673 bits per heavy atom. The van der Waals surface area contributed by atoms with Gasteiger partial charge >= 0.3 is 0 Å². The van der Waals surface area contributed by atoms with E-state index >= 15 is 0 Å². The molecule has 0 fully saturated rings. The number of carbonyl (C=O) groups excluding carboxylic acids is 1. The first-order valence-corrected chi connectivity index (χ1v) is 22.1. The van der Waals surface area contributed by atoms with Crippen LogP contribution in [0.15, 0.2) is 97.2 Å². The summed E-state index contributed by atoms with van der Waals surface area (Å²) in [6, 6.07) is -1.14. The zero-order valence-electron chi connectivity index (χ0n) is 34.9. The molecule has 0 spiro atoms. The number of carbonyl (C=O) groups is 1. The summed E-state index contributed by atoms with van der Waals surface area (Å²) < 4.78 is 23.0. The van der Waals surface area contributed by atoms with Crippen molar-refractivity contribution in [2.75, 3.05) is 40.9 Å². The summed E-state index contributed by atoms with van der Waals surface area (Å²) in [5.41, 5.74) is 0. The van der Waals surface area contributed by atoms with Crippen molar-refractivity contribution in [1.29, 1.82) is 0 Å². The third kappa shape index (κ3) is 36.8. The molecule has 55 heavy (non-hydrogen) atoms. The molecular weight excluding hydrogens is 711 g/mol. The lowest BCUT2D eigenvalue weighted by Crippen LogP contribution is -2.51. The minimum atomic E-state index is -4.70. The zero-order valence-corrected chi connectivity index (χ0v) is 35.8. The molecule has 314 valence electrons. The van der Waals surface area contributed by atoms with Crippen LogP contribution in [-0.2, 0) is 18.4 Å². The van der Waals surface area contributed by atoms with Crippen molar-refractivity contribution in [2.24, 2.45) is 0 Å². The maximum Gasteiger partial charge on any atom is 0.268 e. The van der Waals surface area contributed by atoms with Crippen molar-refractivity contribution in [1.82, 2.24) is 5.32 Å². The molecule has 4 atom stereocenters. The van der Waals surface area contributed by atoms with Gasteiger partial charge in [0.1, 0.15) is 19.3 Å². The van der Waals surface area contributed by atoms with Gasteiger partial charge in [-0.25, -0.2) is 0 Å². The number of allylic oxidation sites excluding steroid dienone is 16. The van der Waals surface area contributed by atoms with Gasteiger partial charge in [-0.05, 0) is 89.9 Å². The Labute approximate surface area is 335 Å². The lowest BCUT2D eigenvalue weighted by molar-refractivity contribution is -0.870. The Balaban J connectivity index is 4.77. The second-order valence-corrected chi connectivity index (χ2v) is 16.1. The number of nitrogens with zero attached hydrogens (tertiary/aromatic N) is 1. The summed E-state index contributed by atoms with van der Waals surface area (Å²) in [4.78, 5) is 25.3. The highest BCUT2D eigenvalue weighted by Gasteiger charge is 2.29.